The standard InChI is InChI=1S/C25H26/c1-2-19-17-23(20-11-9-10-12-20)18-24(21-13-5-3-6-14-21)25(19)22-15-7-4-8-16-22/h3-8,13-18,20H,2,9-12H2,1H3. The van der Waals surface area contributed by atoms with Gasteiger partial charge >= 0.3 is 0 Å². The van der Waals surface area contributed by atoms with E-state index in [-0.39, 0.29) is 0 Å². The third-order valence-corrected chi connectivity index (χ3v) is 5.60. The molecule has 3 aromatic carbocycles. The van der Waals surface area contributed by atoms with Crippen LogP contribution in [0.3, 0.4) is 0 Å². The van der Waals surface area contributed by atoms with Gasteiger partial charge in [-0.2, -0.15) is 0 Å². The lowest BCUT2D eigenvalue weighted by molar-refractivity contribution is 0.722. The number of benzene rings is 3. The van der Waals surface area contributed by atoms with Crippen molar-refractivity contribution < 1.29 is 0 Å². The van der Waals surface area contributed by atoms with Crippen LogP contribution >= 0.6 is 0 Å². The zero-order chi connectivity index (χ0) is 17.1. The van der Waals surface area contributed by atoms with Crippen molar-refractivity contribution in [3.05, 3.63) is 83.9 Å². The summed E-state index contributed by atoms with van der Waals surface area (Å²) in [6.45, 7) is 2.29. The van der Waals surface area contributed by atoms with Gasteiger partial charge in [-0.05, 0) is 58.6 Å². The molecule has 0 bridgehead atoms. The van der Waals surface area contributed by atoms with E-state index in [0.29, 0.717) is 0 Å². The Kier molecular flexibility index (Phi) is 4.70. The van der Waals surface area contributed by atoms with Gasteiger partial charge in [-0.15, -0.1) is 0 Å². The summed E-state index contributed by atoms with van der Waals surface area (Å²) in [4.78, 5) is 0. The molecule has 0 radical (unpaired) electrons. The molecule has 4 rings (SSSR count). The van der Waals surface area contributed by atoms with Crippen LogP contribution in [0.2, 0.25) is 0 Å². The van der Waals surface area contributed by atoms with Gasteiger partial charge < -0.3 is 0 Å². The minimum absolute atomic E-state index is 0.748. The number of hydrogen-bond acceptors (Lipinski definition) is 0. The summed E-state index contributed by atoms with van der Waals surface area (Å²) >= 11 is 0. The van der Waals surface area contributed by atoms with Crippen LogP contribution in [0.15, 0.2) is 72.8 Å². The predicted octanol–water partition coefficient (Wildman–Crippen LogP) is 7.24. The Bertz CT molecular complexity index is 825. The molecular formula is C25H26. The van der Waals surface area contributed by atoms with Crippen molar-refractivity contribution in [3.8, 4) is 22.3 Å². The number of aryl methyl sites for hydroxylation is 1. The SMILES string of the molecule is CCc1cc(C2CCCC2)cc(-c2ccccc2)c1-c1ccccc1. The molecule has 0 aliphatic heterocycles. The zero-order valence-electron chi connectivity index (χ0n) is 15.0. The van der Waals surface area contributed by atoms with E-state index in [1.807, 2.05) is 0 Å². The van der Waals surface area contributed by atoms with Crippen LogP contribution in [-0.4, -0.2) is 0 Å². The monoisotopic (exact) mass is 326 g/mol. The van der Waals surface area contributed by atoms with Gasteiger partial charge in [0.15, 0.2) is 0 Å². The van der Waals surface area contributed by atoms with Gasteiger partial charge in [-0.1, -0.05) is 92.6 Å². The molecule has 1 aliphatic carbocycles. The van der Waals surface area contributed by atoms with Crippen LogP contribution in [0.5, 0.6) is 0 Å². The Morgan fingerprint density at radius 3 is 1.96 bits per heavy atom. The van der Waals surface area contributed by atoms with Crippen LogP contribution in [0.25, 0.3) is 22.3 Å². The van der Waals surface area contributed by atoms with Crippen LogP contribution in [0, 0.1) is 0 Å². The Balaban J connectivity index is 1.95. The topological polar surface area (TPSA) is 0 Å². The molecule has 0 N–H and O–H groups in total. The summed E-state index contributed by atoms with van der Waals surface area (Å²) < 4.78 is 0. The Morgan fingerprint density at radius 1 is 0.760 bits per heavy atom. The molecule has 0 unspecified atom stereocenters. The molecule has 0 aromatic heterocycles. The van der Waals surface area contributed by atoms with Crippen molar-refractivity contribution in [1.29, 1.82) is 0 Å². The molecule has 0 heterocycles. The van der Waals surface area contributed by atoms with Crippen molar-refractivity contribution in [1.82, 2.24) is 0 Å². The molecule has 0 heteroatoms. The third-order valence-electron chi connectivity index (χ3n) is 5.60. The zero-order valence-corrected chi connectivity index (χ0v) is 15.0. The highest BCUT2D eigenvalue weighted by Gasteiger charge is 2.21. The first kappa shape index (κ1) is 16.1. The van der Waals surface area contributed by atoms with Crippen molar-refractivity contribution >= 4 is 0 Å². The van der Waals surface area contributed by atoms with Crippen molar-refractivity contribution in [2.75, 3.05) is 0 Å². The lowest BCUT2D eigenvalue weighted by Gasteiger charge is -2.20. The van der Waals surface area contributed by atoms with Crippen LogP contribution in [0.4, 0.5) is 0 Å². The van der Waals surface area contributed by atoms with E-state index in [2.05, 4.69) is 79.7 Å². The fourth-order valence-corrected chi connectivity index (χ4v) is 4.29. The maximum atomic E-state index is 2.49. The van der Waals surface area contributed by atoms with Crippen molar-refractivity contribution in [2.24, 2.45) is 0 Å². The normalized spacial score (nSPS) is 14.8. The van der Waals surface area contributed by atoms with Crippen LogP contribution in [-0.2, 0) is 6.42 Å². The summed E-state index contributed by atoms with van der Waals surface area (Å²) in [7, 11) is 0. The van der Waals surface area contributed by atoms with Crippen LogP contribution < -0.4 is 0 Å². The molecule has 126 valence electrons. The van der Waals surface area contributed by atoms with Crippen molar-refractivity contribution in [2.45, 2.75) is 44.9 Å². The van der Waals surface area contributed by atoms with Gasteiger partial charge in [0.2, 0.25) is 0 Å². The highest BCUT2D eigenvalue weighted by molar-refractivity contribution is 5.86. The molecule has 0 amide bonds. The van der Waals surface area contributed by atoms with E-state index in [4.69, 9.17) is 0 Å². The van der Waals surface area contributed by atoms with Gasteiger partial charge in [0.1, 0.15) is 0 Å². The van der Waals surface area contributed by atoms with Crippen LogP contribution in [0.1, 0.15) is 49.7 Å². The average molecular weight is 326 g/mol. The molecule has 0 atom stereocenters. The second-order valence-corrected chi connectivity index (χ2v) is 7.17. The highest BCUT2D eigenvalue weighted by atomic mass is 14.3. The van der Waals surface area contributed by atoms with E-state index in [0.717, 1.165) is 12.3 Å². The molecule has 1 aliphatic rings. The lowest BCUT2D eigenvalue weighted by atomic mass is 9.84. The smallest absolute Gasteiger partial charge is 0.00732 e. The van der Waals surface area contributed by atoms with E-state index in [9.17, 15) is 0 Å². The molecule has 3 aromatic rings. The summed E-state index contributed by atoms with van der Waals surface area (Å²) in [5.41, 5.74) is 8.50. The Labute approximate surface area is 151 Å². The second-order valence-electron chi connectivity index (χ2n) is 7.17. The maximum Gasteiger partial charge on any atom is -0.00732 e. The maximum absolute atomic E-state index is 2.49. The van der Waals surface area contributed by atoms with E-state index >= 15 is 0 Å². The quantitative estimate of drug-likeness (QED) is 0.474. The summed E-state index contributed by atoms with van der Waals surface area (Å²) in [6, 6.07) is 26.8. The highest BCUT2D eigenvalue weighted by Crippen LogP contribution is 2.41. The fraction of sp³-hybridized carbons (Fsp3) is 0.280. The van der Waals surface area contributed by atoms with E-state index in [1.54, 1.807) is 5.56 Å². The number of hydrogen-bond donors (Lipinski definition) is 0. The largest absolute Gasteiger partial charge is 0.0622 e. The first-order valence-electron chi connectivity index (χ1n) is 9.64. The molecule has 0 spiro atoms. The van der Waals surface area contributed by atoms with Crippen molar-refractivity contribution in [3.63, 3.8) is 0 Å². The summed E-state index contributed by atoms with van der Waals surface area (Å²) in [6.07, 6.45) is 6.54. The van der Waals surface area contributed by atoms with Gasteiger partial charge in [-0.25, -0.2) is 0 Å². The van der Waals surface area contributed by atoms with E-state index < -0.39 is 0 Å². The molecule has 1 fully saturated rings. The Hall–Kier alpha value is -2.34. The molecule has 25 heavy (non-hydrogen) atoms. The first-order chi connectivity index (χ1) is 12.4. The molecule has 0 nitrogen and oxygen atoms in total. The molecule has 0 saturated heterocycles. The predicted molar refractivity (Wildman–Crippen MR) is 108 cm³/mol. The third kappa shape index (κ3) is 3.26. The first-order valence-corrected chi connectivity index (χ1v) is 9.64. The Morgan fingerprint density at radius 2 is 1.36 bits per heavy atom. The number of rotatable bonds is 4. The molecular weight excluding hydrogens is 300 g/mol. The average Bonchev–Trinajstić information content (AvgIpc) is 3.23. The fourth-order valence-electron chi connectivity index (χ4n) is 4.29. The second kappa shape index (κ2) is 7.27. The van der Waals surface area contributed by atoms with Gasteiger partial charge in [0.25, 0.3) is 0 Å². The van der Waals surface area contributed by atoms with Gasteiger partial charge in [0.05, 0.1) is 0 Å². The molecule has 1 saturated carbocycles. The van der Waals surface area contributed by atoms with Gasteiger partial charge in [0, 0.05) is 0 Å². The van der Waals surface area contributed by atoms with E-state index in [1.165, 1.54) is 53.5 Å². The van der Waals surface area contributed by atoms with Gasteiger partial charge in [-0.3, -0.25) is 0 Å². The lowest BCUT2D eigenvalue weighted by Crippen LogP contribution is -1.99. The minimum Gasteiger partial charge on any atom is -0.0622 e. The summed E-state index contributed by atoms with van der Waals surface area (Å²) in [5.74, 6) is 0.748. The summed E-state index contributed by atoms with van der Waals surface area (Å²) in [5, 5.41) is 0. The minimum atomic E-state index is 0.748.